The molecule has 0 radical (unpaired) electrons. The van der Waals surface area contributed by atoms with E-state index in [2.05, 4.69) is 22.4 Å². The minimum atomic E-state index is -0.108. The normalized spacial score (nSPS) is 14.4. The van der Waals surface area contributed by atoms with E-state index in [9.17, 15) is 4.79 Å². The van der Waals surface area contributed by atoms with Crippen molar-refractivity contribution in [2.45, 2.75) is 46.1 Å². The van der Waals surface area contributed by atoms with Crippen molar-refractivity contribution in [3.8, 4) is 5.75 Å². The highest BCUT2D eigenvalue weighted by Gasteiger charge is 2.16. The topological polar surface area (TPSA) is 51.2 Å². The fourth-order valence-electron chi connectivity index (χ4n) is 3.08. The van der Waals surface area contributed by atoms with Crippen LogP contribution in [0.4, 0.5) is 0 Å². The molecule has 0 spiro atoms. The van der Waals surface area contributed by atoms with Gasteiger partial charge in [-0.15, -0.1) is 11.3 Å². The number of thiazole rings is 1. The molecule has 4 nitrogen and oxygen atoms in total. The number of aromatic nitrogens is 1. The molecule has 2 aromatic rings. The van der Waals surface area contributed by atoms with Crippen LogP contribution in [0.15, 0.2) is 18.2 Å². The van der Waals surface area contributed by atoms with Gasteiger partial charge >= 0.3 is 0 Å². The lowest BCUT2D eigenvalue weighted by atomic mass is 10.1. The zero-order chi connectivity index (χ0) is 16.4. The van der Waals surface area contributed by atoms with Crippen molar-refractivity contribution < 1.29 is 9.53 Å². The minimum absolute atomic E-state index is 0.0416. The lowest BCUT2D eigenvalue weighted by Crippen LogP contribution is -2.31. The van der Waals surface area contributed by atoms with Crippen LogP contribution in [0.1, 0.15) is 46.1 Å². The molecular weight excluding hydrogens is 308 g/mol. The number of hydrogen-bond donors (Lipinski definition) is 1. The van der Waals surface area contributed by atoms with Gasteiger partial charge in [0.15, 0.2) is 6.61 Å². The Morgan fingerprint density at radius 1 is 1.35 bits per heavy atom. The summed E-state index contributed by atoms with van der Waals surface area (Å²) in [7, 11) is 0. The van der Waals surface area contributed by atoms with E-state index in [1.54, 1.807) is 11.3 Å². The van der Waals surface area contributed by atoms with E-state index in [1.165, 1.54) is 17.5 Å². The first-order chi connectivity index (χ1) is 11.0. The van der Waals surface area contributed by atoms with Gasteiger partial charge in [0.2, 0.25) is 0 Å². The van der Waals surface area contributed by atoms with Crippen LogP contribution >= 0.6 is 11.3 Å². The Hall–Kier alpha value is -1.88. The second-order valence-corrected chi connectivity index (χ2v) is 7.28. The van der Waals surface area contributed by atoms with Gasteiger partial charge in [-0.2, -0.15) is 0 Å². The second kappa shape index (κ2) is 6.71. The number of nitrogens with zero attached hydrogens (tertiary/aromatic N) is 1. The van der Waals surface area contributed by atoms with Crippen molar-refractivity contribution in [1.29, 1.82) is 0 Å². The Labute approximate surface area is 140 Å². The third-order valence-electron chi connectivity index (χ3n) is 4.15. The molecule has 1 aliphatic carbocycles. The Morgan fingerprint density at radius 2 is 2.13 bits per heavy atom. The Balaban J connectivity index is 1.54. The third kappa shape index (κ3) is 3.72. The zero-order valence-electron chi connectivity index (χ0n) is 13.8. The molecule has 1 unspecified atom stereocenters. The molecule has 0 bridgehead atoms. The van der Waals surface area contributed by atoms with Gasteiger partial charge < -0.3 is 10.1 Å². The molecule has 1 aromatic heterocycles. The van der Waals surface area contributed by atoms with Crippen LogP contribution in [-0.4, -0.2) is 17.5 Å². The van der Waals surface area contributed by atoms with Crippen LogP contribution in [0.3, 0.4) is 0 Å². The number of aryl methyl sites for hydroxylation is 4. The van der Waals surface area contributed by atoms with Gasteiger partial charge in [0.1, 0.15) is 5.75 Å². The summed E-state index contributed by atoms with van der Waals surface area (Å²) in [5.41, 5.74) is 3.75. The smallest absolute Gasteiger partial charge is 0.258 e. The average Bonchev–Trinajstić information content (AvgIpc) is 3.10. The van der Waals surface area contributed by atoms with E-state index in [4.69, 9.17) is 4.74 Å². The molecule has 23 heavy (non-hydrogen) atoms. The standard InChI is InChI=1S/C18H22N2O2S/c1-11-18(23-13(3)19-11)12(2)20-17(21)10-22-16-8-7-14-5-4-6-15(14)9-16/h7-9,12H,4-6,10H2,1-3H3,(H,20,21). The summed E-state index contributed by atoms with van der Waals surface area (Å²) < 4.78 is 5.64. The van der Waals surface area contributed by atoms with Crippen molar-refractivity contribution in [3.05, 3.63) is 44.9 Å². The number of carbonyl (C=O) groups excluding carboxylic acids is 1. The molecule has 1 N–H and O–H groups in total. The molecule has 1 aliphatic rings. The number of ether oxygens (including phenoxy) is 1. The van der Waals surface area contributed by atoms with Gasteiger partial charge in [-0.3, -0.25) is 4.79 Å². The lowest BCUT2D eigenvalue weighted by Gasteiger charge is -2.14. The number of fused-ring (bicyclic) bond motifs is 1. The first-order valence-electron chi connectivity index (χ1n) is 8.01. The minimum Gasteiger partial charge on any atom is -0.484 e. The number of nitrogens with one attached hydrogen (secondary N) is 1. The maximum atomic E-state index is 12.1. The predicted octanol–water partition coefficient (Wildman–Crippen LogP) is 3.50. The van der Waals surface area contributed by atoms with Crippen molar-refractivity contribution in [3.63, 3.8) is 0 Å². The lowest BCUT2D eigenvalue weighted by molar-refractivity contribution is -0.123. The molecule has 0 aliphatic heterocycles. The molecule has 122 valence electrons. The largest absolute Gasteiger partial charge is 0.484 e. The first kappa shape index (κ1) is 16.0. The van der Waals surface area contributed by atoms with Crippen LogP contribution < -0.4 is 10.1 Å². The SMILES string of the molecule is Cc1nc(C)c(C(C)NC(=O)COc2ccc3c(c2)CCC3)s1. The van der Waals surface area contributed by atoms with Crippen molar-refractivity contribution in [2.24, 2.45) is 0 Å². The maximum Gasteiger partial charge on any atom is 0.258 e. The van der Waals surface area contributed by atoms with E-state index in [0.29, 0.717) is 0 Å². The molecule has 1 amide bonds. The third-order valence-corrected chi connectivity index (χ3v) is 5.41. The van der Waals surface area contributed by atoms with E-state index in [-0.39, 0.29) is 18.6 Å². The van der Waals surface area contributed by atoms with Gasteiger partial charge in [0.05, 0.1) is 16.7 Å². The fraction of sp³-hybridized carbons (Fsp3) is 0.444. The molecule has 3 rings (SSSR count). The zero-order valence-corrected chi connectivity index (χ0v) is 14.6. The Kier molecular flexibility index (Phi) is 4.66. The highest BCUT2D eigenvalue weighted by atomic mass is 32.1. The highest BCUT2D eigenvalue weighted by molar-refractivity contribution is 7.11. The van der Waals surface area contributed by atoms with Gasteiger partial charge in [-0.25, -0.2) is 4.98 Å². The highest BCUT2D eigenvalue weighted by Crippen LogP contribution is 2.26. The summed E-state index contributed by atoms with van der Waals surface area (Å²) in [5.74, 6) is 0.668. The monoisotopic (exact) mass is 330 g/mol. The summed E-state index contributed by atoms with van der Waals surface area (Å²) in [4.78, 5) is 17.6. The predicted molar refractivity (Wildman–Crippen MR) is 92.1 cm³/mol. The van der Waals surface area contributed by atoms with Crippen molar-refractivity contribution in [1.82, 2.24) is 10.3 Å². The molecule has 0 saturated heterocycles. The summed E-state index contributed by atoms with van der Waals surface area (Å²) in [6.07, 6.45) is 3.48. The van der Waals surface area contributed by atoms with Crippen LogP contribution in [0.25, 0.3) is 0 Å². The van der Waals surface area contributed by atoms with Crippen LogP contribution in [-0.2, 0) is 17.6 Å². The van der Waals surface area contributed by atoms with Crippen LogP contribution in [0, 0.1) is 13.8 Å². The number of rotatable bonds is 5. The summed E-state index contributed by atoms with van der Waals surface area (Å²) >= 11 is 1.63. The van der Waals surface area contributed by atoms with E-state index < -0.39 is 0 Å². The number of hydrogen-bond acceptors (Lipinski definition) is 4. The summed E-state index contributed by atoms with van der Waals surface area (Å²) in [6, 6.07) is 6.09. The van der Waals surface area contributed by atoms with Gasteiger partial charge in [0, 0.05) is 4.88 Å². The van der Waals surface area contributed by atoms with Gasteiger partial charge in [-0.1, -0.05) is 6.07 Å². The number of amides is 1. The molecular formula is C18H22N2O2S. The fourth-order valence-corrected chi connectivity index (χ4v) is 4.01. The van der Waals surface area contributed by atoms with Gasteiger partial charge in [-0.05, 0) is 63.3 Å². The molecule has 0 saturated carbocycles. The molecule has 0 fully saturated rings. The van der Waals surface area contributed by atoms with Crippen LogP contribution in [0.2, 0.25) is 0 Å². The average molecular weight is 330 g/mol. The number of benzene rings is 1. The van der Waals surface area contributed by atoms with E-state index in [0.717, 1.165) is 34.2 Å². The van der Waals surface area contributed by atoms with E-state index >= 15 is 0 Å². The Bertz CT molecular complexity index is 724. The number of carbonyl (C=O) groups is 1. The van der Waals surface area contributed by atoms with Crippen LogP contribution in [0.5, 0.6) is 5.75 Å². The second-order valence-electron chi connectivity index (χ2n) is 6.04. The Morgan fingerprint density at radius 3 is 2.87 bits per heavy atom. The molecule has 1 aromatic carbocycles. The molecule has 5 heteroatoms. The first-order valence-corrected chi connectivity index (χ1v) is 8.82. The van der Waals surface area contributed by atoms with Crippen molar-refractivity contribution >= 4 is 17.2 Å². The quantitative estimate of drug-likeness (QED) is 0.913. The van der Waals surface area contributed by atoms with Gasteiger partial charge in [0.25, 0.3) is 5.91 Å². The molecule has 1 heterocycles. The van der Waals surface area contributed by atoms with Crippen molar-refractivity contribution in [2.75, 3.05) is 6.61 Å². The molecule has 1 atom stereocenters. The summed E-state index contributed by atoms with van der Waals surface area (Å²) in [5, 5.41) is 4.00. The van der Waals surface area contributed by atoms with E-state index in [1.807, 2.05) is 26.8 Å². The summed E-state index contributed by atoms with van der Waals surface area (Å²) in [6.45, 7) is 5.97. The maximum absolute atomic E-state index is 12.1.